The van der Waals surface area contributed by atoms with E-state index in [9.17, 15) is 4.79 Å². The molecule has 1 amide bonds. The van der Waals surface area contributed by atoms with Crippen LogP contribution < -0.4 is 16.0 Å². The van der Waals surface area contributed by atoms with Crippen LogP contribution in [0.2, 0.25) is 0 Å². The van der Waals surface area contributed by atoms with E-state index in [1.54, 1.807) is 0 Å². The van der Waals surface area contributed by atoms with Crippen LogP contribution in [0.3, 0.4) is 0 Å². The third-order valence-corrected chi connectivity index (χ3v) is 4.36. The molecule has 0 unspecified atom stereocenters. The summed E-state index contributed by atoms with van der Waals surface area (Å²) in [5, 5.41) is 9.44. The molecule has 3 N–H and O–H groups in total. The highest BCUT2D eigenvalue weighted by atomic mass is 16.1. The molecule has 0 saturated carbocycles. The Kier molecular flexibility index (Phi) is 6.79. The molecule has 29 heavy (non-hydrogen) atoms. The number of carbonyl (C=O) groups excluding carboxylic acids is 1. The molecular formula is C23H27N5O. The number of nitrogens with zero attached hydrogens (tertiary/aromatic N) is 2. The van der Waals surface area contributed by atoms with Gasteiger partial charge in [0.05, 0.1) is 0 Å². The van der Waals surface area contributed by atoms with Gasteiger partial charge in [-0.15, -0.1) is 0 Å². The first-order valence-electron chi connectivity index (χ1n) is 9.88. The van der Waals surface area contributed by atoms with Gasteiger partial charge in [-0.2, -0.15) is 4.98 Å². The highest BCUT2D eigenvalue weighted by Crippen LogP contribution is 2.21. The van der Waals surface area contributed by atoms with E-state index in [0.29, 0.717) is 18.2 Å². The van der Waals surface area contributed by atoms with Gasteiger partial charge in [-0.05, 0) is 56.7 Å². The number of anilines is 5. The molecule has 0 aliphatic heterocycles. The van der Waals surface area contributed by atoms with Crippen LogP contribution in [0, 0.1) is 13.8 Å². The number of amides is 1. The zero-order chi connectivity index (χ0) is 20.6. The zero-order valence-corrected chi connectivity index (χ0v) is 17.1. The molecule has 0 atom stereocenters. The summed E-state index contributed by atoms with van der Waals surface area (Å²) >= 11 is 0. The lowest BCUT2D eigenvalue weighted by Gasteiger charge is -2.11. The summed E-state index contributed by atoms with van der Waals surface area (Å²) in [5.74, 6) is 1.29. The number of aromatic nitrogens is 2. The van der Waals surface area contributed by atoms with Gasteiger partial charge in [0.1, 0.15) is 5.82 Å². The maximum absolute atomic E-state index is 11.8. The molecule has 1 heterocycles. The van der Waals surface area contributed by atoms with E-state index in [1.165, 1.54) is 5.56 Å². The average Bonchev–Trinajstić information content (AvgIpc) is 2.69. The number of carbonyl (C=O) groups is 1. The van der Waals surface area contributed by atoms with Crippen molar-refractivity contribution in [1.82, 2.24) is 9.97 Å². The summed E-state index contributed by atoms with van der Waals surface area (Å²) in [4.78, 5) is 20.8. The molecule has 6 heteroatoms. The number of benzene rings is 2. The van der Waals surface area contributed by atoms with E-state index in [0.717, 1.165) is 35.6 Å². The van der Waals surface area contributed by atoms with Crippen molar-refractivity contribution in [2.45, 2.75) is 40.0 Å². The van der Waals surface area contributed by atoms with Gasteiger partial charge < -0.3 is 16.0 Å². The van der Waals surface area contributed by atoms with E-state index in [1.807, 2.05) is 61.5 Å². The smallest absolute Gasteiger partial charge is 0.229 e. The van der Waals surface area contributed by atoms with E-state index in [4.69, 9.17) is 0 Å². The van der Waals surface area contributed by atoms with Gasteiger partial charge >= 0.3 is 0 Å². The lowest BCUT2D eigenvalue weighted by Crippen LogP contribution is -2.10. The predicted molar refractivity (Wildman–Crippen MR) is 119 cm³/mol. The van der Waals surface area contributed by atoms with Gasteiger partial charge in [0.2, 0.25) is 11.9 Å². The van der Waals surface area contributed by atoms with Gasteiger partial charge in [0.15, 0.2) is 0 Å². The number of hydrogen-bond donors (Lipinski definition) is 3. The molecule has 6 nitrogen and oxygen atoms in total. The topological polar surface area (TPSA) is 78.9 Å². The van der Waals surface area contributed by atoms with Crippen LogP contribution in [0.4, 0.5) is 28.8 Å². The highest BCUT2D eigenvalue weighted by molar-refractivity contribution is 5.90. The second-order valence-electron chi connectivity index (χ2n) is 7.06. The summed E-state index contributed by atoms with van der Waals surface area (Å²) in [6, 6.07) is 17.6. The Labute approximate surface area is 171 Å². The lowest BCUT2D eigenvalue weighted by molar-refractivity contribution is -0.116. The van der Waals surface area contributed by atoms with Crippen LogP contribution in [-0.2, 0) is 4.79 Å². The van der Waals surface area contributed by atoms with Crippen molar-refractivity contribution in [1.29, 1.82) is 0 Å². The minimum atomic E-state index is 0.0470. The second-order valence-corrected chi connectivity index (χ2v) is 7.06. The molecule has 0 aliphatic carbocycles. The fourth-order valence-electron chi connectivity index (χ4n) is 2.80. The molecule has 0 saturated heterocycles. The van der Waals surface area contributed by atoms with Crippen molar-refractivity contribution < 1.29 is 4.79 Å². The molecule has 3 rings (SSSR count). The van der Waals surface area contributed by atoms with Crippen molar-refractivity contribution in [3.63, 3.8) is 0 Å². The fraction of sp³-hybridized carbons (Fsp3) is 0.261. The lowest BCUT2D eigenvalue weighted by atomic mass is 10.2. The molecule has 150 valence electrons. The van der Waals surface area contributed by atoms with Gasteiger partial charge in [-0.3, -0.25) is 4.79 Å². The summed E-state index contributed by atoms with van der Waals surface area (Å²) in [7, 11) is 0. The summed E-state index contributed by atoms with van der Waals surface area (Å²) in [6.07, 6.45) is 2.46. The molecule has 0 spiro atoms. The van der Waals surface area contributed by atoms with E-state index in [-0.39, 0.29) is 5.91 Å². The van der Waals surface area contributed by atoms with Gasteiger partial charge in [-0.25, -0.2) is 4.98 Å². The van der Waals surface area contributed by atoms with Crippen LogP contribution in [0.1, 0.15) is 37.4 Å². The standard InChI is InChI=1S/C23H27N5O/c1-4-5-6-22(29)26-19-13-11-18(12-14-19)25-21-15-17(3)24-23(28-21)27-20-9-7-16(2)8-10-20/h7-15H,4-6H2,1-3H3,(H,26,29)(H2,24,25,27,28). The first-order chi connectivity index (χ1) is 14.0. The first-order valence-corrected chi connectivity index (χ1v) is 9.88. The Balaban J connectivity index is 1.65. The average molecular weight is 390 g/mol. The summed E-state index contributed by atoms with van der Waals surface area (Å²) in [6.45, 7) is 6.06. The Morgan fingerprint density at radius 1 is 0.862 bits per heavy atom. The molecule has 1 aromatic heterocycles. The molecular weight excluding hydrogens is 362 g/mol. The van der Waals surface area contributed by atoms with Crippen molar-refractivity contribution >= 4 is 34.7 Å². The van der Waals surface area contributed by atoms with Crippen molar-refractivity contribution in [2.75, 3.05) is 16.0 Å². The third-order valence-electron chi connectivity index (χ3n) is 4.36. The van der Waals surface area contributed by atoms with Crippen molar-refractivity contribution in [2.24, 2.45) is 0 Å². The van der Waals surface area contributed by atoms with E-state index >= 15 is 0 Å². The van der Waals surface area contributed by atoms with Crippen LogP contribution >= 0.6 is 0 Å². The molecule has 0 bridgehead atoms. The Morgan fingerprint density at radius 3 is 2.17 bits per heavy atom. The Bertz CT molecular complexity index is 952. The van der Waals surface area contributed by atoms with Crippen molar-refractivity contribution in [3.8, 4) is 0 Å². The van der Waals surface area contributed by atoms with Crippen LogP contribution in [0.25, 0.3) is 0 Å². The largest absolute Gasteiger partial charge is 0.340 e. The maximum atomic E-state index is 11.8. The summed E-state index contributed by atoms with van der Waals surface area (Å²) < 4.78 is 0. The molecule has 3 aromatic rings. The van der Waals surface area contributed by atoms with Crippen LogP contribution in [0.15, 0.2) is 54.6 Å². The number of unbranched alkanes of at least 4 members (excludes halogenated alkanes) is 1. The van der Waals surface area contributed by atoms with Crippen LogP contribution in [-0.4, -0.2) is 15.9 Å². The third kappa shape index (κ3) is 6.31. The minimum absolute atomic E-state index is 0.0470. The normalized spacial score (nSPS) is 10.4. The van der Waals surface area contributed by atoms with Crippen LogP contribution in [0.5, 0.6) is 0 Å². The Morgan fingerprint density at radius 2 is 1.48 bits per heavy atom. The SMILES string of the molecule is CCCCC(=O)Nc1ccc(Nc2cc(C)nc(Nc3ccc(C)cc3)n2)cc1. The highest BCUT2D eigenvalue weighted by Gasteiger charge is 2.05. The van der Waals surface area contributed by atoms with Crippen molar-refractivity contribution in [3.05, 3.63) is 65.9 Å². The number of aryl methyl sites for hydroxylation is 2. The van der Waals surface area contributed by atoms with E-state index in [2.05, 4.69) is 39.8 Å². The predicted octanol–water partition coefficient (Wildman–Crippen LogP) is 5.71. The van der Waals surface area contributed by atoms with Gasteiger partial charge in [-0.1, -0.05) is 31.0 Å². The molecule has 0 radical (unpaired) electrons. The van der Waals surface area contributed by atoms with Gasteiger partial charge in [0.25, 0.3) is 0 Å². The number of nitrogens with one attached hydrogen (secondary N) is 3. The second kappa shape index (κ2) is 9.68. The molecule has 0 fully saturated rings. The summed E-state index contributed by atoms with van der Waals surface area (Å²) in [5.41, 5.74) is 4.67. The fourth-order valence-corrected chi connectivity index (χ4v) is 2.80. The molecule has 2 aromatic carbocycles. The van der Waals surface area contributed by atoms with Gasteiger partial charge in [0, 0.05) is 35.2 Å². The maximum Gasteiger partial charge on any atom is 0.229 e. The first kappa shape index (κ1) is 20.3. The van der Waals surface area contributed by atoms with E-state index < -0.39 is 0 Å². The number of rotatable bonds is 8. The molecule has 0 aliphatic rings. The quantitative estimate of drug-likeness (QED) is 0.460. The minimum Gasteiger partial charge on any atom is -0.340 e. The Hall–Kier alpha value is -3.41. The number of hydrogen-bond acceptors (Lipinski definition) is 5. The zero-order valence-electron chi connectivity index (χ0n) is 17.1. The monoisotopic (exact) mass is 389 g/mol.